The maximum absolute atomic E-state index is 13.7. The van der Waals surface area contributed by atoms with Gasteiger partial charge in [0.05, 0.1) is 19.8 Å². The Morgan fingerprint density at radius 3 is 2.53 bits per heavy atom. The molecule has 9 nitrogen and oxygen atoms in total. The predicted molar refractivity (Wildman–Crippen MR) is 127 cm³/mol. The van der Waals surface area contributed by atoms with Crippen LogP contribution in [0.1, 0.15) is 72.1 Å². The molecule has 0 saturated heterocycles. The summed E-state index contributed by atoms with van der Waals surface area (Å²) in [6, 6.07) is 0. The summed E-state index contributed by atoms with van der Waals surface area (Å²) in [5, 5.41) is 11.6. The smallest absolute Gasteiger partial charge is 0.438 e. The molecule has 0 aromatic heterocycles. The summed E-state index contributed by atoms with van der Waals surface area (Å²) in [6.45, 7) is 5.47. The minimum Gasteiger partial charge on any atom is -0.438 e. The van der Waals surface area contributed by atoms with Crippen molar-refractivity contribution in [2.24, 2.45) is 28.6 Å². The monoisotopic (exact) mass is 506 g/mol. The normalized spacial score (nSPS) is 39.1. The first-order valence-electron chi connectivity index (χ1n) is 13.0. The second-order valence-corrected chi connectivity index (χ2v) is 11.3. The van der Waals surface area contributed by atoms with Crippen molar-refractivity contribution in [2.45, 2.75) is 83.8 Å². The molecule has 0 amide bonds. The second-order valence-electron chi connectivity index (χ2n) is 11.3. The van der Waals surface area contributed by atoms with E-state index in [2.05, 4.69) is 6.92 Å². The lowest BCUT2D eigenvalue weighted by Crippen LogP contribution is -2.63. The maximum atomic E-state index is 13.7. The number of hydrogen-bond donors (Lipinski definition) is 1. The van der Waals surface area contributed by atoms with Gasteiger partial charge in [0.15, 0.2) is 18.0 Å². The van der Waals surface area contributed by atoms with Gasteiger partial charge in [-0.1, -0.05) is 26.3 Å². The third-order valence-corrected chi connectivity index (χ3v) is 9.64. The van der Waals surface area contributed by atoms with E-state index in [4.69, 9.17) is 18.9 Å². The lowest BCUT2D eigenvalue weighted by molar-refractivity contribution is -0.186. The van der Waals surface area contributed by atoms with Gasteiger partial charge in [0.25, 0.3) is 0 Å². The van der Waals surface area contributed by atoms with Crippen LogP contribution in [-0.2, 0) is 28.5 Å². The number of aliphatic hydroxyl groups excluding tert-OH is 1. The number of ether oxygens (including phenoxy) is 4. The van der Waals surface area contributed by atoms with Gasteiger partial charge in [-0.05, 0) is 74.2 Å². The van der Waals surface area contributed by atoms with Gasteiger partial charge in [0.2, 0.25) is 5.78 Å². The van der Waals surface area contributed by atoms with Gasteiger partial charge in [-0.25, -0.2) is 9.59 Å². The summed E-state index contributed by atoms with van der Waals surface area (Å²) in [6.07, 6.45) is 3.57. The fourth-order valence-electron chi connectivity index (χ4n) is 8.01. The zero-order valence-electron chi connectivity index (χ0n) is 21.7. The van der Waals surface area contributed by atoms with Crippen molar-refractivity contribution in [1.82, 2.24) is 0 Å². The second kappa shape index (κ2) is 9.80. The standard InChI is InChI=1S/C27H38O9/c1-5-12-34-24(32)35-15-21(30)27(36-23(31)33-4)11-9-19-18-7-6-16-13-17(28)8-10-25(16,2)22(18)20(29)14-26(19,27)3/h13,18-20,22,29H,5-12,14-15H2,1-4H3/t18-,19-,20-,22+,25-,26-,27-/m0/s1. The third-order valence-electron chi connectivity index (χ3n) is 9.64. The van der Waals surface area contributed by atoms with Crippen molar-refractivity contribution in [1.29, 1.82) is 0 Å². The number of hydrogen-bond acceptors (Lipinski definition) is 9. The lowest BCUT2D eigenvalue weighted by Gasteiger charge is -2.60. The van der Waals surface area contributed by atoms with E-state index in [1.807, 2.05) is 13.8 Å². The van der Waals surface area contributed by atoms with Crippen LogP contribution in [0.4, 0.5) is 9.59 Å². The molecule has 0 bridgehead atoms. The highest BCUT2D eigenvalue weighted by Gasteiger charge is 2.70. The Labute approximate surface area is 211 Å². The molecule has 0 spiro atoms. The summed E-state index contributed by atoms with van der Waals surface area (Å²) >= 11 is 0. The number of carbonyl (C=O) groups is 4. The molecule has 36 heavy (non-hydrogen) atoms. The van der Waals surface area contributed by atoms with E-state index in [0.717, 1.165) is 18.4 Å². The molecule has 4 aliphatic rings. The zero-order chi connectivity index (χ0) is 26.3. The van der Waals surface area contributed by atoms with Crippen molar-refractivity contribution in [3.63, 3.8) is 0 Å². The van der Waals surface area contributed by atoms with Crippen LogP contribution in [0.5, 0.6) is 0 Å². The molecule has 0 aliphatic heterocycles. The van der Waals surface area contributed by atoms with E-state index >= 15 is 0 Å². The molecular formula is C27H38O9. The summed E-state index contributed by atoms with van der Waals surface area (Å²) in [5.41, 5.74) is -1.63. The topological polar surface area (TPSA) is 125 Å². The van der Waals surface area contributed by atoms with Crippen LogP contribution in [0.2, 0.25) is 0 Å². The van der Waals surface area contributed by atoms with Gasteiger partial charge in [-0.15, -0.1) is 0 Å². The Morgan fingerprint density at radius 2 is 1.83 bits per heavy atom. The van der Waals surface area contributed by atoms with E-state index in [9.17, 15) is 24.3 Å². The fraction of sp³-hybridized carbons (Fsp3) is 0.778. The van der Waals surface area contributed by atoms with Gasteiger partial charge < -0.3 is 24.1 Å². The molecular weight excluding hydrogens is 468 g/mol. The minimum atomic E-state index is -1.60. The van der Waals surface area contributed by atoms with E-state index in [-0.39, 0.29) is 48.4 Å². The van der Waals surface area contributed by atoms with Crippen LogP contribution < -0.4 is 0 Å². The van der Waals surface area contributed by atoms with Crippen LogP contribution in [0.15, 0.2) is 11.6 Å². The van der Waals surface area contributed by atoms with Crippen LogP contribution in [-0.4, -0.2) is 61.0 Å². The van der Waals surface area contributed by atoms with E-state index < -0.39 is 41.8 Å². The number of rotatable bonds is 6. The summed E-state index contributed by atoms with van der Waals surface area (Å²) in [7, 11) is 1.18. The van der Waals surface area contributed by atoms with Gasteiger partial charge in [0.1, 0.15) is 0 Å². The number of allylic oxidation sites excluding steroid dienone is 1. The van der Waals surface area contributed by atoms with Gasteiger partial charge >= 0.3 is 12.3 Å². The van der Waals surface area contributed by atoms with Crippen molar-refractivity contribution < 1.29 is 43.2 Å². The van der Waals surface area contributed by atoms with Crippen LogP contribution in [0.3, 0.4) is 0 Å². The van der Waals surface area contributed by atoms with Crippen LogP contribution >= 0.6 is 0 Å². The zero-order valence-corrected chi connectivity index (χ0v) is 21.7. The molecule has 4 rings (SSSR count). The largest absolute Gasteiger partial charge is 0.509 e. The van der Waals surface area contributed by atoms with Crippen LogP contribution in [0.25, 0.3) is 0 Å². The number of carbonyl (C=O) groups excluding carboxylic acids is 4. The maximum Gasteiger partial charge on any atom is 0.509 e. The molecule has 0 radical (unpaired) electrons. The molecule has 7 atom stereocenters. The molecule has 0 heterocycles. The molecule has 3 fully saturated rings. The van der Waals surface area contributed by atoms with E-state index in [1.54, 1.807) is 6.08 Å². The summed E-state index contributed by atoms with van der Waals surface area (Å²) in [5.74, 6) is -0.343. The highest BCUT2D eigenvalue weighted by atomic mass is 16.7. The van der Waals surface area contributed by atoms with Crippen LogP contribution in [0, 0.1) is 28.6 Å². The van der Waals surface area contributed by atoms with Crippen molar-refractivity contribution in [2.75, 3.05) is 20.3 Å². The Balaban J connectivity index is 1.65. The summed E-state index contributed by atoms with van der Waals surface area (Å²) < 4.78 is 20.5. The first-order valence-corrected chi connectivity index (χ1v) is 13.0. The number of Topliss-reactive ketones (excluding diaryl/α,β-unsaturated/α-hetero) is 1. The summed E-state index contributed by atoms with van der Waals surface area (Å²) in [4.78, 5) is 50.0. The number of methoxy groups -OCH3 is 1. The Morgan fingerprint density at radius 1 is 1.08 bits per heavy atom. The highest BCUT2D eigenvalue weighted by molar-refractivity contribution is 5.93. The molecule has 0 unspecified atom stereocenters. The quantitative estimate of drug-likeness (QED) is 0.529. The predicted octanol–water partition coefficient (Wildman–Crippen LogP) is 4.14. The third kappa shape index (κ3) is 4.13. The molecule has 0 aromatic carbocycles. The van der Waals surface area contributed by atoms with Gasteiger partial charge in [-0.3, -0.25) is 9.59 Å². The average molecular weight is 507 g/mol. The molecule has 0 aromatic rings. The van der Waals surface area contributed by atoms with Crippen molar-refractivity contribution >= 4 is 23.9 Å². The van der Waals surface area contributed by atoms with Gasteiger partial charge in [-0.2, -0.15) is 0 Å². The number of fused-ring (bicyclic) bond motifs is 5. The molecule has 3 saturated carbocycles. The average Bonchev–Trinajstić information content (AvgIpc) is 3.13. The number of ketones is 2. The molecule has 200 valence electrons. The fourth-order valence-corrected chi connectivity index (χ4v) is 8.01. The molecule has 1 N–H and O–H groups in total. The Bertz CT molecular complexity index is 957. The molecule has 4 aliphatic carbocycles. The minimum absolute atomic E-state index is 0.00236. The van der Waals surface area contributed by atoms with Crippen molar-refractivity contribution in [3.05, 3.63) is 11.6 Å². The molecule has 9 heteroatoms. The first kappa shape index (κ1) is 26.6. The number of aliphatic hydroxyl groups is 1. The highest BCUT2D eigenvalue weighted by Crippen LogP contribution is 2.68. The van der Waals surface area contributed by atoms with E-state index in [1.165, 1.54) is 7.11 Å². The SMILES string of the molecule is CCCOC(=O)OCC(=O)[C@@]1(OC(=O)OC)CC[C@H]2[C@@H]3CCC4=CC(=O)CC[C@]4(C)[C@H]3[C@@H](O)C[C@@]21C. The first-order chi connectivity index (χ1) is 17.0. The lowest BCUT2D eigenvalue weighted by atomic mass is 9.45. The van der Waals surface area contributed by atoms with Crippen molar-refractivity contribution in [3.8, 4) is 0 Å². The Hall–Kier alpha value is -2.42. The van der Waals surface area contributed by atoms with Gasteiger partial charge in [0, 0.05) is 11.8 Å². The Kier molecular flexibility index (Phi) is 7.25. The van der Waals surface area contributed by atoms with E-state index in [0.29, 0.717) is 25.7 Å².